The van der Waals surface area contributed by atoms with E-state index < -0.39 is 5.97 Å². The molecule has 3 aromatic carbocycles. The summed E-state index contributed by atoms with van der Waals surface area (Å²) in [6.45, 7) is 0.652. The number of thioether (sulfide) groups is 1. The number of rotatable bonds is 9. The molecule has 7 heteroatoms. The first-order valence-corrected chi connectivity index (χ1v) is 11.7. The number of aromatic nitrogens is 1. The van der Waals surface area contributed by atoms with Gasteiger partial charge in [0.1, 0.15) is 0 Å². The van der Waals surface area contributed by atoms with Crippen molar-refractivity contribution < 1.29 is 28.8 Å². The quantitative estimate of drug-likeness (QED) is 0.238. The third-order valence-corrected chi connectivity index (χ3v) is 7.43. The molecule has 0 spiro atoms. The average Bonchev–Trinajstić information content (AvgIpc) is 3.31. The molecule has 0 aliphatic rings. The largest absolute Gasteiger partial charge is 1.00 e. The first kappa shape index (κ1) is 24.2. The van der Waals surface area contributed by atoms with Crippen molar-refractivity contribution in [3.8, 4) is 0 Å². The third-order valence-electron chi connectivity index (χ3n) is 4.94. The van der Waals surface area contributed by atoms with Crippen molar-refractivity contribution in [2.24, 2.45) is 0 Å². The van der Waals surface area contributed by atoms with Gasteiger partial charge in [0.15, 0.2) is 5.13 Å². The van der Waals surface area contributed by atoms with Gasteiger partial charge in [-0.05, 0) is 16.7 Å². The van der Waals surface area contributed by atoms with E-state index in [0.717, 1.165) is 17.1 Å². The van der Waals surface area contributed by atoms with Gasteiger partial charge in [0.2, 0.25) is 0 Å². The van der Waals surface area contributed by atoms with Gasteiger partial charge in [0.05, 0.1) is 15.6 Å². The summed E-state index contributed by atoms with van der Waals surface area (Å²) in [7, 11) is 0. The Kier molecular flexibility index (Phi) is 8.60. The summed E-state index contributed by atoms with van der Waals surface area (Å²) in [5.41, 5.74) is 3.64. The molecule has 0 saturated carbocycles. The predicted molar refractivity (Wildman–Crippen MR) is 127 cm³/mol. The third kappa shape index (κ3) is 5.28. The summed E-state index contributed by atoms with van der Waals surface area (Å²) in [5, 5.41) is 14.8. The van der Waals surface area contributed by atoms with Gasteiger partial charge in [0.25, 0.3) is 0 Å². The second-order valence-electron chi connectivity index (χ2n) is 6.87. The van der Waals surface area contributed by atoms with E-state index in [9.17, 15) is 9.90 Å². The Labute approximate surface area is 208 Å². The summed E-state index contributed by atoms with van der Waals surface area (Å²) < 4.78 is -0.371. The molecule has 0 fully saturated rings. The molecular weight excluding hydrogens is 431 g/mol. The van der Waals surface area contributed by atoms with Gasteiger partial charge in [0, 0.05) is 18.5 Å². The van der Waals surface area contributed by atoms with Gasteiger partial charge >= 0.3 is 18.9 Å². The van der Waals surface area contributed by atoms with E-state index >= 15 is 0 Å². The Morgan fingerprint density at radius 1 is 0.875 bits per heavy atom. The van der Waals surface area contributed by atoms with Crippen LogP contribution in [0.15, 0.2) is 97.2 Å². The van der Waals surface area contributed by atoms with Crippen LogP contribution in [0.25, 0.3) is 0 Å². The van der Waals surface area contributed by atoms with Crippen LogP contribution >= 0.6 is 23.1 Å². The first-order chi connectivity index (χ1) is 15.2. The average molecular weight is 453 g/mol. The van der Waals surface area contributed by atoms with Crippen LogP contribution in [0.4, 0.5) is 5.13 Å². The van der Waals surface area contributed by atoms with Gasteiger partial charge in [-0.15, -0.1) is 11.8 Å². The first-order valence-electron chi connectivity index (χ1n) is 9.92. The molecule has 0 radical (unpaired) electrons. The normalized spacial score (nSPS) is 10.9. The van der Waals surface area contributed by atoms with Crippen LogP contribution in [0, 0.1) is 0 Å². The van der Waals surface area contributed by atoms with Gasteiger partial charge in [-0.3, -0.25) is 0 Å². The van der Waals surface area contributed by atoms with Crippen LogP contribution in [-0.2, 0) is 4.75 Å². The summed E-state index contributed by atoms with van der Waals surface area (Å²) >= 11 is 2.94. The summed E-state index contributed by atoms with van der Waals surface area (Å²) in [6.07, 6.45) is 1.33. The van der Waals surface area contributed by atoms with Gasteiger partial charge in [-0.2, -0.15) is 0 Å². The summed E-state index contributed by atoms with van der Waals surface area (Å²) in [6, 6.07) is 31.6. The molecule has 0 saturated heterocycles. The minimum atomic E-state index is -1.20. The number of nitrogens with zero attached hydrogens (tertiary/aromatic N) is 1. The van der Waals surface area contributed by atoms with Crippen molar-refractivity contribution in [3.63, 3.8) is 0 Å². The fourth-order valence-electron chi connectivity index (χ4n) is 3.58. The molecule has 156 valence electrons. The van der Waals surface area contributed by atoms with Gasteiger partial charge in [-0.25, -0.2) is 4.98 Å². The molecule has 0 unspecified atom stereocenters. The maximum absolute atomic E-state index is 11.0. The van der Waals surface area contributed by atoms with Crippen LogP contribution in [0.2, 0.25) is 0 Å². The maximum Gasteiger partial charge on any atom is 1.00 e. The zero-order chi connectivity index (χ0) is 21.5. The Morgan fingerprint density at radius 2 is 1.34 bits per heavy atom. The van der Waals surface area contributed by atoms with Crippen LogP contribution in [0.1, 0.15) is 26.4 Å². The topological polar surface area (TPSA) is 65.0 Å². The van der Waals surface area contributed by atoms with Gasteiger partial charge in [-0.1, -0.05) is 102 Å². The molecular formula is C25H21LiN2O2S2. The number of nitrogens with one attached hydrogen (secondary N) is 1. The number of carboxylic acids is 1. The van der Waals surface area contributed by atoms with E-state index in [1.165, 1.54) is 22.9 Å². The fourth-order valence-corrected chi connectivity index (χ4v) is 5.68. The summed E-state index contributed by atoms with van der Waals surface area (Å²) in [5.74, 6) is -0.407. The smallest absolute Gasteiger partial charge is 0.544 e. The van der Waals surface area contributed by atoms with E-state index in [4.69, 9.17) is 0 Å². The predicted octanol–water partition coefficient (Wildman–Crippen LogP) is 1.65. The maximum atomic E-state index is 11.0. The van der Waals surface area contributed by atoms with E-state index in [-0.39, 0.29) is 28.5 Å². The SMILES string of the molecule is O=C([O-])c1cnc(NCCSC(c2ccccc2)(c2ccccc2)c2ccccc2)s1.[Li+]. The fraction of sp³-hybridized carbons (Fsp3) is 0.120. The van der Waals surface area contributed by atoms with Crippen LogP contribution < -0.4 is 29.3 Å². The van der Waals surface area contributed by atoms with Gasteiger partial charge < -0.3 is 15.2 Å². The minimum absolute atomic E-state index is 0. The molecule has 1 aromatic heterocycles. The van der Waals surface area contributed by atoms with Crippen LogP contribution in [0.3, 0.4) is 0 Å². The van der Waals surface area contributed by atoms with E-state index in [2.05, 4.69) is 83.1 Å². The molecule has 1 N–H and O–H groups in total. The van der Waals surface area contributed by atoms with Crippen molar-refractivity contribution in [1.82, 2.24) is 4.98 Å². The molecule has 0 atom stereocenters. The minimum Gasteiger partial charge on any atom is -0.544 e. The monoisotopic (exact) mass is 452 g/mol. The number of thiazole rings is 1. The Balaban J connectivity index is 0.00000289. The molecule has 4 rings (SSSR count). The molecule has 1 heterocycles. The standard InChI is InChI=1S/C25H22N2O2S2.Li/c28-23(29)22-18-27-24(31-22)26-16-17-30-25(19-10-4-1-5-11-19,20-12-6-2-7-13-20)21-14-8-3-9-15-21;/h1-15,18H,16-17H2,(H,26,27)(H,28,29);/q;+1/p-1. The number of hydrogen-bond donors (Lipinski definition) is 1. The number of aromatic carboxylic acids is 1. The molecule has 0 amide bonds. The summed E-state index contributed by atoms with van der Waals surface area (Å²) in [4.78, 5) is 15.2. The zero-order valence-electron chi connectivity index (χ0n) is 17.7. The second kappa shape index (κ2) is 11.4. The van der Waals surface area contributed by atoms with Crippen molar-refractivity contribution >= 4 is 34.2 Å². The Morgan fingerprint density at radius 3 is 1.75 bits per heavy atom. The molecule has 0 aliphatic heterocycles. The second-order valence-corrected chi connectivity index (χ2v) is 9.21. The molecule has 0 aliphatic carbocycles. The molecule has 0 bridgehead atoms. The van der Waals surface area contributed by atoms with Crippen molar-refractivity contribution in [2.45, 2.75) is 4.75 Å². The molecule has 4 nitrogen and oxygen atoms in total. The van der Waals surface area contributed by atoms with E-state index in [0.29, 0.717) is 11.7 Å². The van der Waals surface area contributed by atoms with Crippen LogP contribution in [-0.4, -0.2) is 23.3 Å². The number of anilines is 1. The molecule has 32 heavy (non-hydrogen) atoms. The Hall–Kier alpha value is -2.49. The van der Waals surface area contributed by atoms with Crippen molar-refractivity contribution in [2.75, 3.05) is 17.6 Å². The van der Waals surface area contributed by atoms with Crippen LogP contribution in [0.5, 0.6) is 0 Å². The number of carbonyl (C=O) groups is 1. The number of carboxylic acid groups (broad SMARTS) is 1. The number of benzene rings is 3. The van der Waals surface area contributed by atoms with E-state index in [1.54, 1.807) is 0 Å². The molecule has 4 aromatic rings. The number of carbonyl (C=O) groups excluding carboxylic acids is 1. The van der Waals surface area contributed by atoms with Crippen molar-refractivity contribution in [1.29, 1.82) is 0 Å². The number of hydrogen-bond acceptors (Lipinski definition) is 6. The zero-order valence-corrected chi connectivity index (χ0v) is 19.4. The van der Waals surface area contributed by atoms with Crippen molar-refractivity contribution in [3.05, 3.63) is 119 Å². The Bertz CT molecular complexity index is 1030. The van der Waals surface area contributed by atoms with E-state index in [1.807, 2.05) is 30.0 Å².